The van der Waals surface area contributed by atoms with Gasteiger partial charge in [0.15, 0.2) is 6.10 Å². The van der Waals surface area contributed by atoms with E-state index in [-0.39, 0.29) is 19.4 Å². The number of rotatable bonds is 41. The summed E-state index contributed by atoms with van der Waals surface area (Å²) in [5.74, 6) is -2.39. The van der Waals surface area contributed by atoms with Crippen molar-refractivity contribution in [1.29, 1.82) is 0 Å². The van der Waals surface area contributed by atoms with Crippen molar-refractivity contribution in [2.24, 2.45) is 5.73 Å². The molecule has 0 saturated heterocycles. The smallest absolute Gasteiger partial charge is 0.472 e. The van der Waals surface area contributed by atoms with E-state index in [1.807, 2.05) is 0 Å². The van der Waals surface area contributed by atoms with Gasteiger partial charge in [-0.25, -0.2) is 4.57 Å². The average molecular weight is 802 g/mol. The van der Waals surface area contributed by atoms with Crippen molar-refractivity contribution < 1.29 is 47.5 Å². The number of esters is 2. The van der Waals surface area contributed by atoms with E-state index in [9.17, 15) is 23.8 Å². The Hall–Kier alpha value is -2.04. The second-order valence-corrected chi connectivity index (χ2v) is 16.3. The van der Waals surface area contributed by atoms with E-state index in [1.54, 1.807) is 0 Å². The van der Waals surface area contributed by atoms with Crippen LogP contribution in [0.25, 0.3) is 0 Å². The highest BCUT2D eigenvalue weighted by atomic mass is 31.2. The molecule has 0 aromatic heterocycles. The monoisotopic (exact) mass is 802 g/mol. The third-order valence-corrected chi connectivity index (χ3v) is 10.4. The van der Waals surface area contributed by atoms with Gasteiger partial charge in [0.05, 0.1) is 13.2 Å². The number of hydrogen-bond acceptors (Lipinski definition) is 9. The van der Waals surface area contributed by atoms with Crippen LogP contribution in [0.4, 0.5) is 0 Å². The van der Waals surface area contributed by atoms with Crippen LogP contribution in [0.3, 0.4) is 0 Å². The summed E-state index contributed by atoms with van der Waals surface area (Å²) in [7, 11) is -4.71. The highest BCUT2D eigenvalue weighted by Crippen LogP contribution is 2.43. The molecule has 0 aliphatic heterocycles. The van der Waals surface area contributed by atoms with E-state index in [4.69, 9.17) is 24.8 Å². The lowest BCUT2D eigenvalue weighted by Crippen LogP contribution is -2.34. The highest BCUT2D eigenvalue weighted by molar-refractivity contribution is 7.47. The molecule has 0 aliphatic rings. The third kappa shape index (κ3) is 38.6. The van der Waals surface area contributed by atoms with E-state index < -0.39 is 51.1 Å². The maximum absolute atomic E-state index is 12.6. The number of ether oxygens (including phenoxy) is 2. The zero-order chi connectivity index (χ0) is 40.7. The van der Waals surface area contributed by atoms with Crippen LogP contribution < -0.4 is 5.73 Å². The van der Waals surface area contributed by atoms with Crippen LogP contribution in [0, 0.1) is 0 Å². The second kappa shape index (κ2) is 38.8. The minimum absolute atomic E-state index is 0.151. The van der Waals surface area contributed by atoms with Gasteiger partial charge in [-0.3, -0.25) is 23.4 Å². The molecular formula is C43H80NO10P. The van der Waals surface area contributed by atoms with Gasteiger partial charge in [0.2, 0.25) is 0 Å². The first-order chi connectivity index (χ1) is 26.6. The van der Waals surface area contributed by atoms with Crippen LogP contribution in [-0.2, 0) is 37.5 Å². The quantitative estimate of drug-likeness (QED) is 0.0232. The van der Waals surface area contributed by atoms with Gasteiger partial charge in [0.25, 0.3) is 0 Å². The molecule has 0 radical (unpaired) electrons. The largest absolute Gasteiger partial charge is 0.480 e. The van der Waals surface area contributed by atoms with Crippen LogP contribution in [0.1, 0.15) is 200 Å². The SMILES string of the molecule is CCCCC/C=C\CCCCCCCC(=O)O[C@H](COC(=O)CCCCCCCCC/C=C\CCCCCCCCCC)COP(=O)(O)OC[C@H](N)C(=O)O. The summed E-state index contributed by atoms with van der Waals surface area (Å²) in [6.07, 6.45) is 39.6. The molecule has 0 amide bonds. The minimum Gasteiger partial charge on any atom is -0.480 e. The molecule has 0 aromatic rings. The number of carbonyl (C=O) groups is 3. The summed E-state index contributed by atoms with van der Waals surface area (Å²) in [6.45, 7) is 2.77. The average Bonchev–Trinajstić information content (AvgIpc) is 3.16. The molecule has 0 fully saturated rings. The molecule has 0 rings (SSSR count). The van der Waals surface area contributed by atoms with Gasteiger partial charge < -0.3 is 25.2 Å². The molecule has 0 aromatic carbocycles. The molecule has 3 atom stereocenters. The van der Waals surface area contributed by atoms with Crippen molar-refractivity contribution in [2.75, 3.05) is 19.8 Å². The van der Waals surface area contributed by atoms with Gasteiger partial charge in [-0.2, -0.15) is 0 Å². The maximum atomic E-state index is 12.6. The molecule has 0 bridgehead atoms. The Balaban J connectivity index is 4.31. The summed E-state index contributed by atoms with van der Waals surface area (Å²) in [5.41, 5.74) is 5.33. The molecule has 4 N–H and O–H groups in total. The standard InChI is InChI=1S/C43H80NO10P/c1-3-5-7-9-11-13-15-17-18-19-20-21-22-23-25-26-28-30-32-34-41(45)51-36-39(37-52-55(49,50)53-38-40(44)43(47)48)54-42(46)35-33-31-29-27-24-16-14-12-10-8-6-4-2/h12,14,19-20,39-40H,3-11,13,15-18,21-38,44H2,1-2H3,(H,47,48)(H,49,50)/b14-12-,20-19-/t39-,40+/m1/s1. The molecule has 322 valence electrons. The fraction of sp³-hybridized carbons (Fsp3) is 0.837. The Labute approximate surface area is 334 Å². The predicted molar refractivity (Wildman–Crippen MR) is 222 cm³/mol. The number of phosphoric acid groups is 1. The van der Waals surface area contributed by atoms with Crippen LogP contribution >= 0.6 is 7.82 Å². The summed E-state index contributed by atoms with van der Waals surface area (Å²) in [4.78, 5) is 45.9. The summed E-state index contributed by atoms with van der Waals surface area (Å²) < 4.78 is 32.6. The van der Waals surface area contributed by atoms with Crippen molar-refractivity contribution in [3.63, 3.8) is 0 Å². The predicted octanol–water partition coefficient (Wildman–Crippen LogP) is 11.5. The molecule has 0 heterocycles. The zero-order valence-corrected chi connectivity index (χ0v) is 35.7. The van der Waals surface area contributed by atoms with Crippen molar-refractivity contribution in [1.82, 2.24) is 0 Å². The lowest BCUT2D eigenvalue weighted by molar-refractivity contribution is -0.161. The van der Waals surface area contributed by atoms with Crippen molar-refractivity contribution in [3.8, 4) is 0 Å². The third-order valence-electron chi connectivity index (χ3n) is 9.42. The minimum atomic E-state index is -4.71. The second-order valence-electron chi connectivity index (χ2n) is 14.8. The maximum Gasteiger partial charge on any atom is 0.472 e. The van der Waals surface area contributed by atoms with Crippen molar-refractivity contribution in [3.05, 3.63) is 24.3 Å². The summed E-state index contributed by atoms with van der Waals surface area (Å²) in [6, 6.07) is -1.52. The fourth-order valence-electron chi connectivity index (χ4n) is 5.94. The van der Waals surface area contributed by atoms with Crippen LogP contribution in [0.5, 0.6) is 0 Å². The molecule has 0 spiro atoms. The van der Waals surface area contributed by atoms with Crippen LogP contribution in [0.2, 0.25) is 0 Å². The summed E-state index contributed by atoms with van der Waals surface area (Å²) >= 11 is 0. The Morgan fingerprint density at radius 1 is 0.545 bits per heavy atom. The first kappa shape index (κ1) is 53.0. The highest BCUT2D eigenvalue weighted by Gasteiger charge is 2.28. The number of nitrogens with two attached hydrogens (primary N) is 1. The Kier molecular flexibility index (Phi) is 37.4. The van der Waals surface area contributed by atoms with Crippen LogP contribution in [-0.4, -0.2) is 59.9 Å². The van der Waals surface area contributed by atoms with E-state index >= 15 is 0 Å². The van der Waals surface area contributed by atoms with Gasteiger partial charge in [0.1, 0.15) is 12.6 Å². The number of allylic oxidation sites excluding steroid dienone is 4. The first-order valence-corrected chi connectivity index (χ1v) is 23.4. The van der Waals surface area contributed by atoms with Crippen molar-refractivity contribution >= 4 is 25.7 Å². The number of carboxylic acids is 1. The van der Waals surface area contributed by atoms with Crippen molar-refractivity contribution in [2.45, 2.75) is 212 Å². The Morgan fingerprint density at radius 2 is 0.909 bits per heavy atom. The van der Waals surface area contributed by atoms with Gasteiger partial charge in [-0.1, -0.05) is 147 Å². The Bertz CT molecular complexity index is 1040. The lowest BCUT2D eigenvalue weighted by Gasteiger charge is -2.20. The molecular weight excluding hydrogens is 721 g/mol. The van der Waals surface area contributed by atoms with Gasteiger partial charge in [0, 0.05) is 12.8 Å². The number of hydrogen-bond donors (Lipinski definition) is 3. The Morgan fingerprint density at radius 3 is 1.36 bits per heavy atom. The number of phosphoric ester groups is 1. The number of aliphatic carboxylic acids is 1. The molecule has 11 nitrogen and oxygen atoms in total. The normalized spacial score (nSPS) is 14.0. The van der Waals surface area contributed by atoms with E-state index in [0.717, 1.165) is 64.2 Å². The molecule has 12 heteroatoms. The lowest BCUT2D eigenvalue weighted by atomic mass is 10.1. The number of unbranched alkanes of at least 4 members (excludes halogenated alkanes) is 23. The number of carboxylic acid groups (broad SMARTS) is 1. The van der Waals surface area contributed by atoms with E-state index in [1.165, 1.54) is 96.3 Å². The zero-order valence-electron chi connectivity index (χ0n) is 34.8. The number of carbonyl (C=O) groups excluding carboxylic acids is 2. The molecule has 55 heavy (non-hydrogen) atoms. The first-order valence-electron chi connectivity index (χ1n) is 21.9. The van der Waals surface area contributed by atoms with Crippen LogP contribution in [0.15, 0.2) is 24.3 Å². The fourth-order valence-corrected chi connectivity index (χ4v) is 6.71. The molecule has 0 aliphatic carbocycles. The summed E-state index contributed by atoms with van der Waals surface area (Å²) in [5, 5.41) is 8.88. The van der Waals surface area contributed by atoms with Gasteiger partial charge in [-0.15, -0.1) is 0 Å². The topological polar surface area (TPSA) is 172 Å². The van der Waals surface area contributed by atoms with Gasteiger partial charge >= 0.3 is 25.7 Å². The van der Waals surface area contributed by atoms with E-state index in [2.05, 4.69) is 42.7 Å². The molecule has 0 saturated carbocycles. The molecule has 1 unspecified atom stereocenters. The van der Waals surface area contributed by atoms with Gasteiger partial charge in [-0.05, 0) is 64.2 Å². The van der Waals surface area contributed by atoms with E-state index in [0.29, 0.717) is 12.8 Å².